The lowest BCUT2D eigenvalue weighted by atomic mass is 10.0. The average Bonchev–Trinajstić information content (AvgIpc) is 3.54. The van der Waals surface area contributed by atoms with Gasteiger partial charge in [0.25, 0.3) is 0 Å². The molecule has 2 unspecified atom stereocenters. The second-order valence-corrected chi connectivity index (χ2v) is 10.1. The molecule has 5 rings (SSSR count). The Labute approximate surface area is 201 Å². The van der Waals surface area contributed by atoms with Gasteiger partial charge in [-0.15, -0.1) is 11.3 Å². The van der Waals surface area contributed by atoms with Gasteiger partial charge in [-0.05, 0) is 73.8 Å². The zero-order chi connectivity index (χ0) is 23.7. The highest BCUT2D eigenvalue weighted by atomic mass is 32.1. The Balaban J connectivity index is 1.28. The number of nitrogens with one attached hydrogen (secondary N) is 2. The van der Waals surface area contributed by atoms with E-state index in [1.807, 2.05) is 12.1 Å². The fraction of sp³-hybridized carbons (Fsp3) is 0.346. The first-order chi connectivity index (χ1) is 16.5. The summed E-state index contributed by atoms with van der Waals surface area (Å²) in [5, 5.41) is 15.6. The molecule has 3 heterocycles. The molecule has 1 aliphatic heterocycles. The molecule has 6 nitrogen and oxygen atoms in total. The van der Waals surface area contributed by atoms with Crippen molar-refractivity contribution in [2.45, 2.75) is 38.0 Å². The number of pyridine rings is 1. The van der Waals surface area contributed by atoms with Crippen LogP contribution in [0.2, 0.25) is 0 Å². The first kappa shape index (κ1) is 22.5. The summed E-state index contributed by atoms with van der Waals surface area (Å²) in [5.41, 5.74) is 1.96. The Bertz CT molecular complexity index is 1250. The molecule has 0 spiro atoms. The Hall–Kier alpha value is -3.28. The molecule has 0 bridgehead atoms. The smallest absolute Gasteiger partial charge is 0.229 e. The lowest BCUT2D eigenvalue weighted by Crippen LogP contribution is -2.44. The topological polar surface area (TPSA) is 87.0 Å². The molecule has 3 aromatic rings. The summed E-state index contributed by atoms with van der Waals surface area (Å²) in [5.74, 6) is 1.09. The van der Waals surface area contributed by atoms with Crippen LogP contribution in [0.1, 0.15) is 34.1 Å². The van der Waals surface area contributed by atoms with Crippen LogP contribution in [0.4, 0.5) is 10.2 Å². The van der Waals surface area contributed by atoms with Gasteiger partial charge in [-0.3, -0.25) is 4.79 Å². The van der Waals surface area contributed by atoms with Crippen molar-refractivity contribution in [3.8, 4) is 22.9 Å². The van der Waals surface area contributed by atoms with E-state index in [2.05, 4.69) is 40.7 Å². The van der Waals surface area contributed by atoms with Crippen molar-refractivity contribution in [1.82, 2.24) is 10.3 Å². The van der Waals surface area contributed by atoms with E-state index in [1.165, 1.54) is 9.75 Å². The highest BCUT2D eigenvalue weighted by molar-refractivity contribution is 7.12. The fourth-order valence-electron chi connectivity index (χ4n) is 4.34. The van der Waals surface area contributed by atoms with Crippen LogP contribution in [0.5, 0.6) is 5.75 Å². The van der Waals surface area contributed by atoms with E-state index in [4.69, 9.17) is 4.74 Å². The number of hydrogen-bond acceptors (Lipinski definition) is 6. The standard InChI is InChI=1S/C26H25FN4O2S/c1-15-2-5-24(34-15)19-12-20(19)26(32)31-25-11-17(6-9-30-25)16-3-4-22(18(10-16)13-28)33-23-7-8-29-14-21(23)27/h2-6,9-11,19-21,23,29H,7-8,12,14H2,1H3,(H,30,31,32)/t19?,20?,21-,23+/m1/s1. The van der Waals surface area contributed by atoms with E-state index in [9.17, 15) is 14.4 Å². The molecule has 4 atom stereocenters. The number of thiophene rings is 1. The Morgan fingerprint density at radius 2 is 2.12 bits per heavy atom. The lowest BCUT2D eigenvalue weighted by Gasteiger charge is -2.27. The number of rotatable bonds is 6. The number of benzene rings is 1. The predicted molar refractivity (Wildman–Crippen MR) is 130 cm³/mol. The fourth-order valence-corrected chi connectivity index (χ4v) is 5.40. The van der Waals surface area contributed by atoms with E-state index in [0.29, 0.717) is 30.1 Å². The number of amides is 1. The number of carbonyl (C=O) groups excluding carboxylic acids is 1. The van der Waals surface area contributed by atoms with Crippen molar-refractivity contribution in [2.24, 2.45) is 5.92 Å². The summed E-state index contributed by atoms with van der Waals surface area (Å²) in [4.78, 5) is 19.5. The van der Waals surface area contributed by atoms with Crippen molar-refractivity contribution >= 4 is 23.1 Å². The van der Waals surface area contributed by atoms with Crippen LogP contribution >= 0.6 is 11.3 Å². The maximum absolute atomic E-state index is 14.1. The first-order valence-electron chi connectivity index (χ1n) is 11.4. The van der Waals surface area contributed by atoms with Gasteiger partial charge in [-0.1, -0.05) is 6.07 Å². The van der Waals surface area contributed by atoms with Crippen LogP contribution in [-0.2, 0) is 4.79 Å². The summed E-state index contributed by atoms with van der Waals surface area (Å²) in [6.45, 7) is 3.01. The van der Waals surface area contributed by atoms with Crippen molar-refractivity contribution in [3.63, 3.8) is 0 Å². The Kier molecular flexibility index (Phi) is 6.31. The van der Waals surface area contributed by atoms with Crippen molar-refractivity contribution < 1.29 is 13.9 Å². The van der Waals surface area contributed by atoms with E-state index in [1.54, 1.807) is 35.7 Å². The number of hydrogen-bond donors (Lipinski definition) is 2. The molecule has 1 saturated carbocycles. The minimum Gasteiger partial charge on any atom is -0.486 e. The number of anilines is 1. The van der Waals surface area contributed by atoms with Crippen molar-refractivity contribution in [3.05, 3.63) is 64.0 Å². The second-order valence-electron chi connectivity index (χ2n) is 8.80. The molecule has 1 amide bonds. The quantitative estimate of drug-likeness (QED) is 0.533. The average molecular weight is 477 g/mol. The third kappa shape index (κ3) is 4.81. The molecule has 34 heavy (non-hydrogen) atoms. The maximum atomic E-state index is 14.1. The van der Waals surface area contributed by atoms with Crippen LogP contribution in [0, 0.1) is 24.2 Å². The van der Waals surface area contributed by atoms with Crippen LogP contribution < -0.4 is 15.4 Å². The van der Waals surface area contributed by atoms with Gasteiger partial charge in [0.15, 0.2) is 0 Å². The summed E-state index contributed by atoms with van der Waals surface area (Å²) in [6.07, 6.45) is 1.37. The van der Waals surface area contributed by atoms with Crippen LogP contribution in [0.3, 0.4) is 0 Å². The molecule has 174 valence electrons. The summed E-state index contributed by atoms with van der Waals surface area (Å²) < 4.78 is 20.0. The number of carbonyl (C=O) groups is 1. The Morgan fingerprint density at radius 3 is 2.88 bits per heavy atom. The van der Waals surface area contributed by atoms with Gasteiger partial charge in [0, 0.05) is 34.3 Å². The van der Waals surface area contributed by atoms with Gasteiger partial charge in [-0.2, -0.15) is 5.26 Å². The first-order valence-corrected chi connectivity index (χ1v) is 12.2. The van der Waals surface area contributed by atoms with Gasteiger partial charge in [0.2, 0.25) is 5.91 Å². The van der Waals surface area contributed by atoms with Gasteiger partial charge >= 0.3 is 0 Å². The number of nitrogens with zero attached hydrogens (tertiary/aromatic N) is 2. The molecular formula is C26H25FN4O2S. The van der Waals surface area contributed by atoms with Crippen molar-refractivity contribution in [2.75, 3.05) is 18.4 Å². The van der Waals surface area contributed by atoms with E-state index >= 15 is 0 Å². The molecular weight excluding hydrogens is 451 g/mol. The maximum Gasteiger partial charge on any atom is 0.229 e. The monoisotopic (exact) mass is 476 g/mol. The summed E-state index contributed by atoms with van der Waals surface area (Å²) >= 11 is 1.74. The third-order valence-corrected chi connectivity index (χ3v) is 7.46. The molecule has 2 aliphatic rings. The number of ether oxygens (including phenoxy) is 1. The van der Waals surface area contributed by atoms with Gasteiger partial charge in [0.05, 0.1) is 5.56 Å². The molecule has 2 aromatic heterocycles. The van der Waals surface area contributed by atoms with Crippen LogP contribution in [-0.4, -0.2) is 36.3 Å². The largest absolute Gasteiger partial charge is 0.486 e. The van der Waals surface area contributed by atoms with Crippen LogP contribution in [0.25, 0.3) is 11.1 Å². The second kappa shape index (κ2) is 9.53. The number of halogens is 1. The zero-order valence-electron chi connectivity index (χ0n) is 18.8. The molecule has 1 saturated heterocycles. The molecule has 0 radical (unpaired) electrons. The highest BCUT2D eigenvalue weighted by Crippen LogP contribution is 2.50. The lowest BCUT2D eigenvalue weighted by molar-refractivity contribution is -0.117. The van der Waals surface area contributed by atoms with Crippen molar-refractivity contribution in [1.29, 1.82) is 5.26 Å². The van der Waals surface area contributed by atoms with Gasteiger partial charge in [0.1, 0.15) is 29.9 Å². The number of piperidine rings is 1. The zero-order valence-corrected chi connectivity index (χ0v) is 19.6. The summed E-state index contributed by atoms with van der Waals surface area (Å²) in [6, 6.07) is 15.2. The molecule has 1 aromatic carbocycles. The number of aromatic nitrogens is 1. The molecule has 1 aliphatic carbocycles. The number of aryl methyl sites for hydroxylation is 1. The van der Waals surface area contributed by atoms with Crippen LogP contribution in [0.15, 0.2) is 48.7 Å². The number of alkyl halides is 1. The normalized spacial score (nSPS) is 23.7. The SMILES string of the molecule is Cc1ccc(C2CC2C(=O)Nc2cc(-c3ccc(O[C@H]4CCNC[C@H]4F)c(C#N)c3)ccn2)s1. The molecule has 2 fully saturated rings. The van der Waals surface area contributed by atoms with E-state index in [-0.39, 0.29) is 24.3 Å². The highest BCUT2D eigenvalue weighted by Gasteiger charge is 2.44. The molecule has 2 N–H and O–H groups in total. The summed E-state index contributed by atoms with van der Waals surface area (Å²) in [7, 11) is 0. The molecule has 8 heteroatoms. The van der Waals surface area contributed by atoms with E-state index in [0.717, 1.165) is 17.5 Å². The Morgan fingerprint density at radius 1 is 1.26 bits per heavy atom. The minimum atomic E-state index is -1.11. The van der Waals surface area contributed by atoms with E-state index < -0.39 is 12.3 Å². The number of nitriles is 1. The van der Waals surface area contributed by atoms with Gasteiger partial charge in [-0.25, -0.2) is 9.37 Å². The predicted octanol–water partition coefficient (Wildman–Crippen LogP) is 4.81. The third-order valence-electron chi connectivity index (χ3n) is 6.33. The van der Waals surface area contributed by atoms with Gasteiger partial charge < -0.3 is 15.4 Å². The minimum absolute atomic E-state index is 0.0232.